The van der Waals surface area contributed by atoms with Crippen molar-refractivity contribution in [3.8, 4) is 0 Å². The summed E-state index contributed by atoms with van der Waals surface area (Å²) < 4.78 is 0. The van der Waals surface area contributed by atoms with E-state index < -0.39 is 5.97 Å². The lowest BCUT2D eigenvalue weighted by atomic mass is 10.3. The molecule has 0 saturated carbocycles. The van der Waals surface area contributed by atoms with Crippen molar-refractivity contribution in [3.05, 3.63) is 18.1 Å². The molecule has 1 fully saturated rings. The molecular formula is C11H16N4O3. The number of rotatable bonds is 4. The summed E-state index contributed by atoms with van der Waals surface area (Å²) in [6.07, 6.45) is 2.77. The maximum Gasteiger partial charge on any atom is 0.356 e. The molecule has 1 aliphatic rings. The quantitative estimate of drug-likeness (QED) is 0.731. The monoisotopic (exact) mass is 252 g/mol. The molecule has 0 aromatic carbocycles. The molecule has 2 rings (SSSR count). The first-order chi connectivity index (χ1) is 8.70. The lowest BCUT2D eigenvalue weighted by Crippen LogP contribution is -2.47. The van der Waals surface area contributed by atoms with Crippen molar-refractivity contribution in [2.45, 2.75) is 0 Å². The van der Waals surface area contributed by atoms with Gasteiger partial charge in [0.15, 0.2) is 5.69 Å². The molecule has 0 radical (unpaired) electrons. The molecular weight excluding hydrogens is 236 g/mol. The lowest BCUT2D eigenvalue weighted by Gasteiger charge is -2.34. The number of aliphatic hydroxyl groups is 1. The Hall–Kier alpha value is -1.73. The van der Waals surface area contributed by atoms with E-state index in [1.54, 1.807) is 0 Å². The van der Waals surface area contributed by atoms with Gasteiger partial charge in [0.1, 0.15) is 5.82 Å². The molecule has 0 spiro atoms. The number of anilines is 1. The summed E-state index contributed by atoms with van der Waals surface area (Å²) in [6, 6.07) is 0. The highest BCUT2D eigenvalue weighted by atomic mass is 16.4. The zero-order valence-corrected chi connectivity index (χ0v) is 9.99. The molecule has 18 heavy (non-hydrogen) atoms. The van der Waals surface area contributed by atoms with E-state index in [0.717, 1.165) is 26.2 Å². The van der Waals surface area contributed by atoms with Gasteiger partial charge in [-0.3, -0.25) is 4.90 Å². The van der Waals surface area contributed by atoms with Crippen LogP contribution in [0.4, 0.5) is 5.82 Å². The fourth-order valence-corrected chi connectivity index (χ4v) is 1.94. The van der Waals surface area contributed by atoms with Crippen molar-refractivity contribution in [2.75, 3.05) is 44.2 Å². The largest absolute Gasteiger partial charge is 0.476 e. The van der Waals surface area contributed by atoms with Crippen LogP contribution in [0.3, 0.4) is 0 Å². The molecule has 0 aliphatic carbocycles. The molecule has 1 aromatic heterocycles. The Balaban J connectivity index is 1.95. The van der Waals surface area contributed by atoms with Gasteiger partial charge in [-0.1, -0.05) is 0 Å². The molecule has 1 aromatic rings. The van der Waals surface area contributed by atoms with Crippen molar-refractivity contribution >= 4 is 11.8 Å². The number of hydrogen-bond donors (Lipinski definition) is 2. The van der Waals surface area contributed by atoms with Gasteiger partial charge in [-0.15, -0.1) is 0 Å². The fraction of sp³-hybridized carbons (Fsp3) is 0.545. The molecule has 0 amide bonds. The third-order valence-electron chi connectivity index (χ3n) is 2.97. The van der Waals surface area contributed by atoms with Gasteiger partial charge in [0, 0.05) is 32.7 Å². The first-order valence-corrected chi connectivity index (χ1v) is 5.84. The minimum Gasteiger partial charge on any atom is -0.476 e. The van der Waals surface area contributed by atoms with E-state index >= 15 is 0 Å². The van der Waals surface area contributed by atoms with Gasteiger partial charge in [-0.2, -0.15) is 0 Å². The van der Waals surface area contributed by atoms with Crippen molar-refractivity contribution in [2.24, 2.45) is 0 Å². The zero-order valence-electron chi connectivity index (χ0n) is 9.99. The van der Waals surface area contributed by atoms with Crippen LogP contribution in [0, 0.1) is 0 Å². The van der Waals surface area contributed by atoms with Crippen molar-refractivity contribution in [3.63, 3.8) is 0 Å². The first-order valence-electron chi connectivity index (χ1n) is 5.84. The number of carbonyl (C=O) groups is 1. The number of piperazine rings is 1. The summed E-state index contributed by atoms with van der Waals surface area (Å²) in [4.78, 5) is 22.9. The van der Waals surface area contributed by atoms with Gasteiger partial charge in [0.25, 0.3) is 0 Å². The average molecular weight is 252 g/mol. The Morgan fingerprint density at radius 3 is 2.44 bits per heavy atom. The molecule has 0 atom stereocenters. The molecule has 98 valence electrons. The summed E-state index contributed by atoms with van der Waals surface area (Å²) in [5, 5.41) is 17.6. The van der Waals surface area contributed by atoms with Crippen molar-refractivity contribution < 1.29 is 15.0 Å². The second-order valence-corrected chi connectivity index (χ2v) is 4.12. The number of carboxylic acids is 1. The zero-order chi connectivity index (χ0) is 13.0. The van der Waals surface area contributed by atoms with Gasteiger partial charge in [-0.25, -0.2) is 14.8 Å². The third-order valence-corrected chi connectivity index (χ3v) is 2.97. The number of hydrogen-bond acceptors (Lipinski definition) is 6. The smallest absolute Gasteiger partial charge is 0.356 e. The van der Waals surface area contributed by atoms with E-state index in [9.17, 15) is 4.79 Å². The Kier molecular flexibility index (Phi) is 4.06. The van der Waals surface area contributed by atoms with Crippen LogP contribution in [0.1, 0.15) is 10.5 Å². The van der Waals surface area contributed by atoms with Crippen LogP contribution in [0.5, 0.6) is 0 Å². The standard InChI is InChI=1S/C11H16N4O3/c16-6-5-14-1-3-15(4-2-14)10-8-12-9(7-13-10)11(17)18/h7-8,16H,1-6H2,(H,17,18). The number of β-amino-alcohol motifs (C(OH)–C–C–N with tert-alkyl or cyclic N) is 1. The number of aromatic carboxylic acids is 1. The van der Waals surface area contributed by atoms with E-state index in [4.69, 9.17) is 10.2 Å². The van der Waals surface area contributed by atoms with Crippen LogP contribution in [-0.2, 0) is 0 Å². The highest BCUT2D eigenvalue weighted by Crippen LogP contribution is 2.12. The van der Waals surface area contributed by atoms with Gasteiger partial charge < -0.3 is 15.1 Å². The summed E-state index contributed by atoms with van der Waals surface area (Å²) in [5.74, 6) is -0.370. The van der Waals surface area contributed by atoms with Gasteiger partial charge in [0.05, 0.1) is 19.0 Å². The molecule has 0 unspecified atom stereocenters. The highest BCUT2D eigenvalue weighted by molar-refractivity contribution is 5.84. The Bertz CT molecular complexity index is 401. The molecule has 1 aliphatic heterocycles. The van der Waals surface area contributed by atoms with Crippen LogP contribution < -0.4 is 4.90 Å². The second-order valence-electron chi connectivity index (χ2n) is 4.12. The summed E-state index contributed by atoms with van der Waals surface area (Å²) >= 11 is 0. The summed E-state index contributed by atoms with van der Waals surface area (Å²) in [5.41, 5.74) is -0.0438. The number of nitrogens with zero attached hydrogens (tertiary/aromatic N) is 4. The molecule has 2 N–H and O–H groups in total. The van der Waals surface area contributed by atoms with Crippen LogP contribution in [0.2, 0.25) is 0 Å². The molecule has 1 saturated heterocycles. The second kappa shape index (κ2) is 5.74. The Morgan fingerprint density at radius 1 is 1.22 bits per heavy atom. The van der Waals surface area contributed by atoms with Crippen molar-refractivity contribution in [1.29, 1.82) is 0 Å². The summed E-state index contributed by atoms with van der Waals surface area (Å²) in [6.45, 7) is 4.21. The van der Waals surface area contributed by atoms with Gasteiger partial charge in [0.2, 0.25) is 0 Å². The minimum atomic E-state index is -1.07. The van der Waals surface area contributed by atoms with Gasteiger partial charge in [-0.05, 0) is 0 Å². The van der Waals surface area contributed by atoms with E-state index in [2.05, 4.69) is 19.8 Å². The van der Waals surface area contributed by atoms with Crippen molar-refractivity contribution in [1.82, 2.24) is 14.9 Å². The summed E-state index contributed by atoms with van der Waals surface area (Å²) in [7, 11) is 0. The fourth-order valence-electron chi connectivity index (χ4n) is 1.94. The van der Waals surface area contributed by atoms with E-state index in [1.807, 2.05) is 0 Å². The third kappa shape index (κ3) is 2.93. The molecule has 0 bridgehead atoms. The van der Waals surface area contributed by atoms with E-state index in [1.165, 1.54) is 12.4 Å². The van der Waals surface area contributed by atoms with Crippen LogP contribution in [0.15, 0.2) is 12.4 Å². The van der Waals surface area contributed by atoms with Gasteiger partial charge >= 0.3 is 5.97 Å². The van der Waals surface area contributed by atoms with E-state index in [0.29, 0.717) is 12.4 Å². The molecule has 7 nitrogen and oxygen atoms in total. The van der Waals surface area contributed by atoms with Crippen LogP contribution in [-0.4, -0.2) is 70.4 Å². The number of aromatic nitrogens is 2. The maximum absolute atomic E-state index is 10.7. The normalized spacial score (nSPS) is 16.8. The molecule has 2 heterocycles. The Morgan fingerprint density at radius 2 is 1.94 bits per heavy atom. The van der Waals surface area contributed by atoms with E-state index in [-0.39, 0.29) is 12.3 Å². The Labute approximate surface area is 105 Å². The SMILES string of the molecule is O=C(O)c1cnc(N2CCN(CCO)CC2)cn1. The lowest BCUT2D eigenvalue weighted by molar-refractivity contribution is 0.0690. The topological polar surface area (TPSA) is 89.8 Å². The van der Waals surface area contributed by atoms with Crippen LogP contribution in [0.25, 0.3) is 0 Å². The predicted octanol–water partition coefficient (Wildman–Crippen LogP) is -0.711. The highest BCUT2D eigenvalue weighted by Gasteiger charge is 2.18. The van der Waals surface area contributed by atoms with Crippen LogP contribution >= 0.6 is 0 Å². The molecule has 7 heteroatoms. The predicted molar refractivity (Wildman–Crippen MR) is 64.7 cm³/mol. The average Bonchev–Trinajstić information content (AvgIpc) is 2.40. The maximum atomic E-state index is 10.7. The number of aliphatic hydroxyl groups excluding tert-OH is 1. The number of carboxylic acid groups (broad SMARTS) is 1. The first kappa shape index (κ1) is 12.7. The minimum absolute atomic E-state index is 0.0438.